The predicted molar refractivity (Wildman–Crippen MR) is 79.8 cm³/mol. The van der Waals surface area contributed by atoms with E-state index in [1.165, 1.54) is 0 Å². The van der Waals surface area contributed by atoms with Crippen LogP contribution in [0.1, 0.15) is 28.8 Å². The summed E-state index contributed by atoms with van der Waals surface area (Å²) >= 11 is 0. The third-order valence-corrected chi connectivity index (χ3v) is 5.72. The number of benzene rings is 1. The van der Waals surface area contributed by atoms with E-state index < -0.39 is 9.84 Å². The van der Waals surface area contributed by atoms with Gasteiger partial charge in [-0.3, -0.25) is 4.79 Å². The number of sulfone groups is 1. The van der Waals surface area contributed by atoms with Crippen molar-refractivity contribution in [2.75, 3.05) is 25.1 Å². The lowest BCUT2D eigenvalue weighted by molar-refractivity contribution is 0.0962. The molecular weight excluding hydrogens is 274 g/mol. The molecule has 1 atom stereocenters. The van der Waals surface area contributed by atoms with E-state index >= 15 is 0 Å². The van der Waals surface area contributed by atoms with Crippen LogP contribution < -0.4 is 0 Å². The number of rotatable bonds is 5. The fraction of sp³-hybridized carbons (Fsp3) is 0.533. The predicted octanol–water partition coefficient (Wildman–Crippen LogP) is 1.69. The lowest BCUT2D eigenvalue weighted by Gasteiger charge is -2.22. The Kier molecular flexibility index (Phi) is 4.60. The molecule has 0 bridgehead atoms. The van der Waals surface area contributed by atoms with Gasteiger partial charge in [0, 0.05) is 24.6 Å². The Balaban J connectivity index is 1.89. The summed E-state index contributed by atoms with van der Waals surface area (Å²) in [6, 6.07) is 7.62. The maximum atomic E-state index is 12.2. The van der Waals surface area contributed by atoms with Crippen molar-refractivity contribution in [3.63, 3.8) is 0 Å². The van der Waals surface area contributed by atoms with Crippen LogP contribution in [0.25, 0.3) is 0 Å². The van der Waals surface area contributed by atoms with Crippen LogP contribution in [0, 0.1) is 6.92 Å². The summed E-state index contributed by atoms with van der Waals surface area (Å²) in [7, 11) is -0.965. The molecular formula is C15H21NO3S. The summed E-state index contributed by atoms with van der Waals surface area (Å²) in [4.78, 5) is 14.2. The molecule has 4 nitrogen and oxygen atoms in total. The van der Waals surface area contributed by atoms with Crippen LogP contribution in [0.4, 0.5) is 0 Å². The van der Waals surface area contributed by atoms with Crippen molar-refractivity contribution >= 4 is 15.6 Å². The van der Waals surface area contributed by atoms with Gasteiger partial charge in [0.25, 0.3) is 0 Å². The molecule has 1 aromatic rings. The molecule has 0 amide bonds. The summed E-state index contributed by atoms with van der Waals surface area (Å²) in [5.41, 5.74) is 1.75. The van der Waals surface area contributed by atoms with Gasteiger partial charge in [0.15, 0.2) is 15.6 Å². The van der Waals surface area contributed by atoms with Gasteiger partial charge in [0.2, 0.25) is 0 Å². The largest absolute Gasteiger partial charge is 0.302 e. The van der Waals surface area contributed by atoms with Crippen molar-refractivity contribution < 1.29 is 13.2 Å². The van der Waals surface area contributed by atoms with Gasteiger partial charge in [0.1, 0.15) is 0 Å². The molecule has 1 fully saturated rings. The second kappa shape index (κ2) is 6.06. The first-order chi connectivity index (χ1) is 9.39. The standard InChI is InChI=1S/C15H21NO3S/c1-12-5-3-4-6-14(12)15(17)7-9-16(2)13-8-10-20(18,19)11-13/h3-6,13H,7-11H2,1-2H3. The molecule has 0 aliphatic carbocycles. The minimum atomic E-state index is -2.86. The van der Waals surface area contributed by atoms with Crippen molar-refractivity contribution in [2.24, 2.45) is 0 Å². The maximum absolute atomic E-state index is 12.2. The highest BCUT2D eigenvalue weighted by atomic mass is 32.2. The molecule has 1 aromatic carbocycles. The van der Waals surface area contributed by atoms with Gasteiger partial charge in [-0.25, -0.2) is 8.42 Å². The van der Waals surface area contributed by atoms with Crippen LogP contribution in [0.5, 0.6) is 0 Å². The molecule has 1 heterocycles. The first-order valence-corrected chi connectivity index (χ1v) is 8.71. The van der Waals surface area contributed by atoms with Crippen LogP contribution >= 0.6 is 0 Å². The minimum absolute atomic E-state index is 0.0599. The smallest absolute Gasteiger partial charge is 0.164 e. The Morgan fingerprint density at radius 2 is 2.05 bits per heavy atom. The lowest BCUT2D eigenvalue weighted by atomic mass is 10.0. The SMILES string of the molecule is Cc1ccccc1C(=O)CCN(C)C1CCS(=O)(=O)C1. The summed E-state index contributed by atoms with van der Waals surface area (Å²) in [5.74, 6) is 0.617. The molecule has 5 heteroatoms. The Labute approximate surface area is 120 Å². The normalized spacial score (nSPS) is 21.2. The highest BCUT2D eigenvalue weighted by Gasteiger charge is 2.30. The molecule has 1 unspecified atom stereocenters. The van der Waals surface area contributed by atoms with Gasteiger partial charge in [-0.05, 0) is 26.0 Å². The van der Waals surface area contributed by atoms with Gasteiger partial charge >= 0.3 is 0 Å². The van der Waals surface area contributed by atoms with E-state index in [-0.39, 0.29) is 23.3 Å². The van der Waals surface area contributed by atoms with E-state index in [2.05, 4.69) is 0 Å². The molecule has 1 aliphatic rings. The van der Waals surface area contributed by atoms with Gasteiger partial charge < -0.3 is 4.90 Å². The van der Waals surface area contributed by atoms with E-state index in [0.29, 0.717) is 19.4 Å². The zero-order valence-corrected chi connectivity index (χ0v) is 12.8. The summed E-state index contributed by atoms with van der Waals surface area (Å²) in [5, 5.41) is 0. The van der Waals surface area contributed by atoms with Gasteiger partial charge in [-0.2, -0.15) is 0 Å². The Bertz CT molecular complexity index is 595. The van der Waals surface area contributed by atoms with Crippen molar-refractivity contribution in [3.8, 4) is 0 Å². The number of nitrogens with zero attached hydrogens (tertiary/aromatic N) is 1. The van der Waals surface area contributed by atoms with Crippen LogP contribution in [0.15, 0.2) is 24.3 Å². The van der Waals surface area contributed by atoms with Gasteiger partial charge in [-0.15, -0.1) is 0 Å². The van der Waals surface area contributed by atoms with Crippen LogP contribution in [0.3, 0.4) is 0 Å². The Morgan fingerprint density at radius 1 is 1.35 bits per heavy atom. The van der Waals surface area contributed by atoms with Crippen molar-refractivity contribution in [1.29, 1.82) is 0 Å². The third kappa shape index (κ3) is 3.67. The zero-order chi connectivity index (χ0) is 14.8. The van der Waals surface area contributed by atoms with E-state index in [4.69, 9.17) is 0 Å². The van der Waals surface area contributed by atoms with E-state index in [0.717, 1.165) is 11.1 Å². The average molecular weight is 295 g/mol. The summed E-state index contributed by atoms with van der Waals surface area (Å²) in [6.07, 6.45) is 1.11. The molecule has 0 aromatic heterocycles. The number of hydrogen-bond acceptors (Lipinski definition) is 4. The summed E-state index contributed by atoms with van der Waals surface area (Å²) < 4.78 is 22.9. The molecule has 0 saturated carbocycles. The van der Waals surface area contributed by atoms with Gasteiger partial charge in [-0.1, -0.05) is 24.3 Å². The second-order valence-electron chi connectivity index (χ2n) is 5.53. The zero-order valence-electron chi connectivity index (χ0n) is 12.0. The number of ketones is 1. The van der Waals surface area contributed by atoms with Crippen LogP contribution in [0.2, 0.25) is 0 Å². The van der Waals surface area contributed by atoms with Crippen molar-refractivity contribution in [1.82, 2.24) is 4.90 Å². The van der Waals surface area contributed by atoms with Crippen LogP contribution in [-0.2, 0) is 9.84 Å². The minimum Gasteiger partial charge on any atom is -0.302 e. The lowest BCUT2D eigenvalue weighted by Crippen LogP contribution is -2.34. The maximum Gasteiger partial charge on any atom is 0.164 e. The van der Waals surface area contributed by atoms with Crippen molar-refractivity contribution in [2.45, 2.75) is 25.8 Å². The fourth-order valence-electron chi connectivity index (χ4n) is 2.60. The Hall–Kier alpha value is -1.20. The molecule has 2 rings (SSSR count). The topological polar surface area (TPSA) is 54.5 Å². The third-order valence-electron chi connectivity index (χ3n) is 3.97. The van der Waals surface area contributed by atoms with Gasteiger partial charge in [0.05, 0.1) is 11.5 Å². The molecule has 110 valence electrons. The average Bonchev–Trinajstić information content (AvgIpc) is 2.76. The number of hydrogen-bond donors (Lipinski definition) is 0. The highest BCUT2D eigenvalue weighted by molar-refractivity contribution is 7.91. The number of aryl methyl sites for hydroxylation is 1. The number of carbonyl (C=O) groups is 1. The van der Waals surface area contributed by atoms with Crippen LogP contribution in [-0.4, -0.2) is 50.2 Å². The fourth-order valence-corrected chi connectivity index (χ4v) is 4.41. The Morgan fingerprint density at radius 3 is 2.65 bits per heavy atom. The molecule has 1 aliphatic heterocycles. The van der Waals surface area contributed by atoms with Crippen molar-refractivity contribution in [3.05, 3.63) is 35.4 Å². The quantitative estimate of drug-likeness (QED) is 0.776. The number of carbonyl (C=O) groups excluding carboxylic acids is 1. The molecule has 0 N–H and O–H groups in total. The highest BCUT2D eigenvalue weighted by Crippen LogP contribution is 2.17. The van der Waals surface area contributed by atoms with E-state index in [1.807, 2.05) is 43.1 Å². The monoisotopic (exact) mass is 295 g/mol. The molecule has 1 saturated heterocycles. The number of Topliss-reactive ketones (excluding diaryl/α,β-unsaturated/α-hetero) is 1. The molecule has 0 radical (unpaired) electrons. The second-order valence-corrected chi connectivity index (χ2v) is 7.75. The first-order valence-electron chi connectivity index (χ1n) is 6.88. The first kappa shape index (κ1) is 15.2. The molecule has 20 heavy (non-hydrogen) atoms. The van der Waals surface area contributed by atoms with E-state index in [1.54, 1.807) is 0 Å². The summed E-state index contributed by atoms with van der Waals surface area (Å²) in [6.45, 7) is 2.54. The molecule has 0 spiro atoms. The van der Waals surface area contributed by atoms with E-state index in [9.17, 15) is 13.2 Å².